The molecule has 0 heterocycles. The molecule has 2 amide bonds. The number of benzene rings is 2. The highest BCUT2D eigenvalue weighted by Gasteiger charge is 2.34. The summed E-state index contributed by atoms with van der Waals surface area (Å²) in [6.45, 7) is 4.43. The van der Waals surface area contributed by atoms with Crippen molar-refractivity contribution in [2.75, 3.05) is 5.32 Å². The Bertz CT molecular complexity index is 713. The van der Waals surface area contributed by atoms with E-state index in [0.29, 0.717) is 12.5 Å². The fourth-order valence-corrected chi connectivity index (χ4v) is 2.92. The highest BCUT2D eigenvalue weighted by atomic mass is 19.1. The molecule has 1 atom stereocenters. The van der Waals surface area contributed by atoms with Gasteiger partial charge in [-0.1, -0.05) is 36.4 Å². The smallest absolute Gasteiger partial charge is 0.317 e. The first kappa shape index (κ1) is 16.5. The Kier molecular flexibility index (Phi) is 4.84. The lowest BCUT2D eigenvalue weighted by Crippen LogP contribution is -2.42. The van der Waals surface area contributed by atoms with Crippen molar-refractivity contribution in [3.63, 3.8) is 0 Å². The lowest BCUT2D eigenvalue weighted by atomic mass is 10.1. The minimum atomic E-state index is -0.401. The molecule has 0 aromatic heterocycles. The van der Waals surface area contributed by atoms with Crippen molar-refractivity contribution < 1.29 is 9.18 Å². The van der Waals surface area contributed by atoms with Gasteiger partial charge in [0.2, 0.25) is 0 Å². The second kappa shape index (κ2) is 7.04. The van der Waals surface area contributed by atoms with Gasteiger partial charge in [-0.2, -0.15) is 0 Å². The molecule has 126 valence electrons. The van der Waals surface area contributed by atoms with Crippen LogP contribution >= 0.6 is 0 Å². The SMILES string of the molecule is Cc1ccc(NC(=O)N(Cc2ccccc2)C(C)C2CC2)c(F)c1. The number of carbonyl (C=O) groups excluding carboxylic acids is 1. The summed E-state index contributed by atoms with van der Waals surface area (Å²) in [5.74, 6) is 0.143. The van der Waals surface area contributed by atoms with Crippen molar-refractivity contribution in [2.24, 2.45) is 5.92 Å². The Morgan fingerprint density at radius 1 is 1.25 bits per heavy atom. The predicted octanol–water partition coefficient (Wildman–Crippen LogP) is 4.97. The molecule has 1 aliphatic carbocycles. The molecule has 4 heteroatoms. The van der Waals surface area contributed by atoms with Crippen LogP contribution in [-0.2, 0) is 6.54 Å². The molecule has 0 spiro atoms. The first-order valence-electron chi connectivity index (χ1n) is 8.42. The van der Waals surface area contributed by atoms with Crippen molar-refractivity contribution in [2.45, 2.75) is 39.3 Å². The highest BCUT2D eigenvalue weighted by molar-refractivity contribution is 5.89. The van der Waals surface area contributed by atoms with E-state index in [4.69, 9.17) is 0 Å². The number of nitrogens with zero attached hydrogens (tertiary/aromatic N) is 1. The average Bonchev–Trinajstić information content (AvgIpc) is 3.40. The number of amides is 2. The van der Waals surface area contributed by atoms with Crippen LogP contribution in [0.4, 0.5) is 14.9 Å². The van der Waals surface area contributed by atoms with E-state index in [1.54, 1.807) is 12.1 Å². The van der Waals surface area contributed by atoms with Crippen molar-refractivity contribution in [3.05, 3.63) is 65.5 Å². The van der Waals surface area contributed by atoms with Crippen LogP contribution in [0.15, 0.2) is 48.5 Å². The molecule has 1 saturated carbocycles. The monoisotopic (exact) mass is 326 g/mol. The molecule has 24 heavy (non-hydrogen) atoms. The number of anilines is 1. The average molecular weight is 326 g/mol. The van der Waals surface area contributed by atoms with Crippen molar-refractivity contribution in [1.82, 2.24) is 4.90 Å². The standard InChI is InChI=1S/C20H23FN2O/c1-14-8-11-19(18(21)12-14)22-20(24)23(15(2)17-9-10-17)13-16-6-4-3-5-7-16/h3-8,11-12,15,17H,9-10,13H2,1-2H3,(H,22,24). The van der Waals surface area contributed by atoms with Crippen LogP contribution in [0.3, 0.4) is 0 Å². The third-order valence-corrected chi connectivity index (χ3v) is 4.62. The maximum Gasteiger partial charge on any atom is 0.322 e. The topological polar surface area (TPSA) is 32.3 Å². The predicted molar refractivity (Wildman–Crippen MR) is 94.3 cm³/mol. The number of hydrogen-bond acceptors (Lipinski definition) is 1. The van der Waals surface area contributed by atoms with Crippen LogP contribution in [0.2, 0.25) is 0 Å². The minimum absolute atomic E-state index is 0.138. The van der Waals surface area contributed by atoms with E-state index in [0.717, 1.165) is 24.0 Å². The molecular formula is C20H23FN2O. The number of urea groups is 1. The Morgan fingerprint density at radius 3 is 2.58 bits per heavy atom. The minimum Gasteiger partial charge on any atom is -0.317 e. The van der Waals surface area contributed by atoms with E-state index in [9.17, 15) is 9.18 Å². The molecule has 0 aliphatic heterocycles. The summed E-state index contributed by atoms with van der Waals surface area (Å²) in [5.41, 5.74) is 2.13. The van der Waals surface area contributed by atoms with Gasteiger partial charge in [-0.3, -0.25) is 0 Å². The first-order chi connectivity index (χ1) is 11.5. The molecule has 3 rings (SSSR count). The lowest BCUT2D eigenvalue weighted by molar-refractivity contribution is 0.180. The van der Waals surface area contributed by atoms with Gasteiger partial charge in [0, 0.05) is 12.6 Å². The van der Waals surface area contributed by atoms with Crippen molar-refractivity contribution in [3.8, 4) is 0 Å². The molecule has 1 aliphatic rings. The zero-order valence-electron chi connectivity index (χ0n) is 14.1. The fourth-order valence-electron chi connectivity index (χ4n) is 2.92. The van der Waals surface area contributed by atoms with E-state index >= 15 is 0 Å². The zero-order chi connectivity index (χ0) is 17.1. The number of halogens is 1. The summed E-state index contributed by atoms with van der Waals surface area (Å²) in [5, 5.41) is 2.73. The molecule has 1 N–H and O–H groups in total. The van der Waals surface area contributed by atoms with Gasteiger partial charge in [0.05, 0.1) is 5.69 Å². The Labute approximate surface area is 142 Å². The summed E-state index contributed by atoms with van der Waals surface area (Å²) < 4.78 is 14.0. The van der Waals surface area contributed by atoms with Gasteiger partial charge in [-0.15, -0.1) is 0 Å². The Morgan fingerprint density at radius 2 is 1.96 bits per heavy atom. The Hall–Kier alpha value is -2.36. The third-order valence-electron chi connectivity index (χ3n) is 4.62. The largest absolute Gasteiger partial charge is 0.322 e. The first-order valence-corrected chi connectivity index (χ1v) is 8.42. The fraction of sp³-hybridized carbons (Fsp3) is 0.350. The molecule has 2 aromatic carbocycles. The van der Waals surface area contributed by atoms with E-state index in [1.807, 2.05) is 42.2 Å². The molecule has 0 radical (unpaired) electrons. The summed E-state index contributed by atoms with van der Waals surface area (Å²) in [7, 11) is 0. The van der Waals surface area contributed by atoms with E-state index in [2.05, 4.69) is 12.2 Å². The van der Waals surface area contributed by atoms with Gasteiger partial charge in [-0.25, -0.2) is 9.18 Å². The van der Waals surface area contributed by atoms with Gasteiger partial charge in [0.25, 0.3) is 0 Å². The van der Waals surface area contributed by atoms with E-state index in [1.165, 1.54) is 6.07 Å². The third kappa shape index (κ3) is 3.94. The van der Waals surface area contributed by atoms with Crippen LogP contribution in [0.5, 0.6) is 0 Å². The Balaban J connectivity index is 1.77. The van der Waals surface area contributed by atoms with Gasteiger partial charge in [0.15, 0.2) is 0 Å². The number of nitrogens with one attached hydrogen (secondary N) is 1. The second-order valence-corrected chi connectivity index (χ2v) is 6.60. The number of rotatable bonds is 5. The maximum atomic E-state index is 14.0. The van der Waals surface area contributed by atoms with E-state index < -0.39 is 5.82 Å². The molecule has 3 nitrogen and oxygen atoms in total. The number of aryl methyl sites for hydroxylation is 1. The molecule has 2 aromatic rings. The summed E-state index contributed by atoms with van der Waals surface area (Å²) >= 11 is 0. The molecule has 1 unspecified atom stereocenters. The zero-order valence-corrected chi connectivity index (χ0v) is 14.1. The summed E-state index contributed by atoms with van der Waals surface area (Å²) in [6, 6.07) is 14.6. The lowest BCUT2D eigenvalue weighted by Gasteiger charge is -2.30. The van der Waals surface area contributed by atoms with Crippen LogP contribution in [0.25, 0.3) is 0 Å². The normalized spacial score (nSPS) is 15.0. The quantitative estimate of drug-likeness (QED) is 0.827. The van der Waals surface area contributed by atoms with Crippen LogP contribution in [-0.4, -0.2) is 17.0 Å². The summed E-state index contributed by atoms with van der Waals surface area (Å²) in [6.07, 6.45) is 2.30. The van der Waals surface area contributed by atoms with Gasteiger partial charge in [-0.05, 0) is 55.9 Å². The van der Waals surface area contributed by atoms with Gasteiger partial charge in [0.1, 0.15) is 5.82 Å². The maximum absolute atomic E-state index is 14.0. The van der Waals surface area contributed by atoms with Gasteiger partial charge < -0.3 is 10.2 Å². The van der Waals surface area contributed by atoms with Crippen LogP contribution in [0.1, 0.15) is 30.9 Å². The van der Waals surface area contributed by atoms with Crippen LogP contribution in [0, 0.1) is 18.7 Å². The second-order valence-electron chi connectivity index (χ2n) is 6.60. The molecule has 0 saturated heterocycles. The number of hydrogen-bond donors (Lipinski definition) is 1. The molecular weight excluding hydrogens is 303 g/mol. The summed E-state index contributed by atoms with van der Waals surface area (Å²) in [4.78, 5) is 14.6. The van der Waals surface area contributed by atoms with Crippen LogP contribution < -0.4 is 5.32 Å². The van der Waals surface area contributed by atoms with E-state index in [-0.39, 0.29) is 17.8 Å². The molecule has 0 bridgehead atoms. The van der Waals surface area contributed by atoms with Gasteiger partial charge >= 0.3 is 6.03 Å². The highest BCUT2D eigenvalue weighted by Crippen LogP contribution is 2.36. The van der Waals surface area contributed by atoms with Crippen molar-refractivity contribution >= 4 is 11.7 Å². The molecule has 1 fully saturated rings. The number of carbonyl (C=O) groups is 1. The van der Waals surface area contributed by atoms with Crippen molar-refractivity contribution in [1.29, 1.82) is 0 Å².